The number of fused-ring (bicyclic) bond motifs is 1. The normalized spacial score (nSPS) is 22.0. The molecule has 1 aromatic rings. The third-order valence-corrected chi connectivity index (χ3v) is 4.95. The van der Waals surface area contributed by atoms with Gasteiger partial charge in [0.2, 0.25) is 11.8 Å². The highest BCUT2D eigenvalue weighted by Gasteiger charge is 2.47. The summed E-state index contributed by atoms with van der Waals surface area (Å²) < 4.78 is 5.77. The molecular weight excluding hydrogens is 390 g/mol. The van der Waals surface area contributed by atoms with Gasteiger partial charge in [-0.15, -0.1) is 0 Å². The van der Waals surface area contributed by atoms with Gasteiger partial charge in [0.25, 0.3) is 0 Å². The van der Waals surface area contributed by atoms with Crippen molar-refractivity contribution in [1.82, 2.24) is 4.90 Å². The predicted molar refractivity (Wildman–Crippen MR) is 91.5 cm³/mol. The summed E-state index contributed by atoms with van der Waals surface area (Å²) in [6.45, 7) is -0.872. The van der Waals surface area contributed by atoms with Crippen molar-refractivity contribution in [3.8, 4) is 0 Å². The molecule has 3 rings (SSSR count). The van der Waals surface area contributed by atoms with Gasteiger partial charge >= 0.3 is 5.97 Å². The lowest BCUT2D eigenvalue weighted by Gasteiger charge is -2.14. The van der Waals surface area contributed by atoms with E-state index >= 15 is 0 Å². The van der Waals surface area contributed by atoms with E-state index in [-0.39, 0.29) is 29.4 Å². The quantitative estimate of drug-likeness (QED) is 0.324. The van der Waals surface area contributed by atoms with E-state index in [4.69, 9.17) is 4.74 Å². The average molecular weight is 406 g/mol. The van der Waals surface area contributed by atoms with Crippen LogP contribution in [0.4, 0.5) is 0 Å². The topological polar surface area (TPSA) is 80.8 Å². The lowest BCUT2D eigenvalue weighted by Crippen LogP contribution is -2.37. The Labute approximate surface area is 152 Å². The first-order valence-corrected chi connectivity index (χ1v) is 8.71. The van der Waals surface area contributed by atoms with E-state index in [0.717, 1.165) is 9.37 Å². The van der Waals surface area contributed by atoms with E-state index in [1.807, 2.05) is 12.2 Å². The standard InChI is InChI=1S/C18H16BrNO5/c19-12-7-5-11(6-8-12)15(21)10-25-16(22)9-20-17(23)13-3-1-2-4-14(13)18(20)24/h1-2,5-8,13-14H,3-4,9-10H2/t13-,14-/m0/s1. The van der Waals surface area contributed by atoms with Crippen molar-refractivity contribution in [1.29, 1.82) is 0 Å². The number of carbonyl (C=O) groups excluding carboxylic acids is 4. The van der Waals surface area contributed by atoms with E-state index in [0.29, 0.717) is 18.4 Å². The summed E-state index contributed by atoms with van der Waals surface area (Å²) in [7, 11) is 0. The third-order valence-electron chi connectivity index (χ3n) is 4.42. The summed E-state index contributed by atoms with van der Waals surface area (Å²) >= 11 is 3.27. The highest BCUT2D eigenvalue weighted by molar-refractivity contribution is 9.10. The van der Waals surface area contributed by atoms with Crippen LogP contribution in [-0.4, -0.2) is 41.6 Å². The molecule has 0 spiro atoms. The molecule has 0 bridgehead atoms. The third kappa shape index (κ3) is 3.71. The lowest BCUT2D eigenvalue weighted by atomic mass is 9.85. The van der Waals surface area contributed by atoms with Crippen molar-refractivity contribution >= 4 is 39.5 Å². The fourth-order valence-corrected chi connectivity index (χ4v) is 3.33. The fourth-order valence-electron chi connectivity index (χ4n) is 3.06. The van der Waals surface area contributed by atoms with Crippen LogP contribution in [-0.2, 0) is 19.1 Å². The van der Waals surface area contributed by atoms with Gasteiger partial charge in [0, 0.05) is 10.0 Å². The summed E-state index contributed by atoms with van der Waals surface area (Å²) in [4.78, 5) is 49.4. The van der Waals surface area contributed by atoms with Crippen LogP contribution >= 0.6 is 15.9 Å². The van der Waals surface area contributed by atoms with Crippen molar-refractivity contribution in [3.05, 3.63) is 46.5 Å². The maximum atomic E-state index is 12.3. The van der Waals surface area contributed by atoms with Crippen LogP contribution in [0.15, 0.2) is 40.9 Å². The largest absolute Gasteiger partial charge is 0.456 e. The molecule has 2 amide bonds. The number of carbonyl (C=O) groups is 4. The van der Waals surface area contributed by atoms with Crippen molar-refractivity contribution < 1.29 is 23.9 Å². The van der Waals surface area contributed by atoms with E-state index in [1.165, 1.54) is 0 Å². The van der Waals surface area contributed by atoms with Gasteiger partial charge < -0.3 is 4.74 Å². The number of imide groups is 1. The second-order valence-electron chi connectivity index (χ2n) is 6.01. The number of esters is 1. The molecule has 6 nitrogen and oxygen atoms in total. The zero-order valence-corrected chi connectivity index (χ0v) is 14.9. The number of allylic oxidation sites excluding steroid dienone is 2. The number of halogens is 1. The van der Waals surface area contributed by atoms with Gasteiger partial charge in [-0.25, -0.2) is 0 Å². The molecule has 2 aliphatic rings. The number of benzene rings is 1. The molecule has 0 N–H and O–H groups in total. The molecule has 0 unspecified atom stereocenters. The molecule has 1 aromatic carbocycles. The fraction of sp³-hybridized carbons (Fsp3) is 0.333. The van der Waals surface area contributed by atoms with Gasteiger partial charge in [-0.05, 0) is 25.0 Å². The van der Waals surface area contributed by atoms with Crippen LogP contribution < -0.4 is 0 Å². The Morgan fingerprint density at radius 2 is 1.60 bits per heavy atom. The van der Waals surface area contributed by atoms with Crippen LogP contribution in [0.25, 0.3) is 0 Å². The molecule has 1 aliphatic heterocycles. The van der Waals surface area contributed by atoms with Crippen molar-refractivity contribution in [2.24, 2.45) is 11.8 Å². The number of Topliss-reactive ketones (excluding diaryl/α,β-unsaturated/α-hetero) is 1. The number of rotatable bonds is 5. The predicted octanol–water partition coefficient (Wildman–Crippen LogP) is 2.13. The molecule has 1 heterocycles. The highest BCUT2D eigenvalue weighted by Crippen LogP contribution is 2.34. The van der Waals surface area contributed by atoms with Crippen LogP contribution in [0.1, 0.15) is 23.2 Å². The molecule has 1 fully saturated rings. The van der Waals surface area contributed by atoms with Gasteiger partial charge in [-0.1, -0.05) is 40.2 Å². The minimum absolute atomic E-state index is 0.337. The van der Waals surface area contributed by atoms with Gasteiger partial charge in [0.15, 0.2) is 12.4 Å². The Kier molecular flexibility index (Phi) is 5.13. The van der Waals surface area contributed by atoms with Gasteiger partial charge in [-0.2, -0.15) is 0 Å². The average Bonchev–Trinajstić information content (AvgIpc) is 2.86. The molecule has 0 aromatic heterocycles. The first kappa shape index (κ1) is 17.5. The van der Waals surface area contributed by atoms with Crippen LogP contribution in [0.5, 0.6) is 0 Å². The van der Waals surface area contributed by atoms with Crippen molar-refractivity contribution in [3.63, 3.8) is 0 Å². The number of amides is 2. The second-order valence-corrected chi connectivity index (χ2v) is 6.92. The summed E-state index contributed by atoms with van der Waals surface area (Å²) in [6.07, 6.45) is 4.79. The minimum atomic E-state index is -0.765. The first-order chi connectivity index (χ1) is 12.0. The van der Waals surface area contributed by atoms with E-state index in [2.05, 4.69) is 15.9 Å². The van der Waals surface area contributed by atoms with Gasteiger partial charge in [-0.3, -0.25) is 24.1 Å². The summed E-state index contributed by atoms with van der Waals surface area (Å²) in [6, 6.07) is 6.66. The highest BCUT2D eigenvalue weighted by atomic mass is 79.9. The van der Waals surface area contributed by atoms with E-state index in [1.54, 1.807) is 24.3 Å². The number of hydrogen-bond acceptors (Lipinski definition) is 5. The Morgan fingerprint density at radius 3 is 2.16 bits per heavy atom. The second kappa shape index (κ2) is 7.31. The zero-order chi connectivity index (χ0) is 18.0. The van der Waals surface area contributed by atoms with Gasteiger partial charge in [0.05, 0.1) is 11.8 Å². The molecule has 7 heteroatoms. The van der Waals surface area contributed by atoms with E-state index in [9.17, 15) is 19.2 Å². The van der Waals surface area contributed by atoms with Crippen LogP contribution in [0.3, 0.4) is 0 Å². The molecular formula is C18H16BrNO5. The number of likely N-dealkylation sites (tertiary alicyclic amines) is 1. The monoisotopic (exact) mass is 405 g/mol. The number of nitrogens with zero attached hydrogens (tertiary/aromatic N) is 1. The van der Waals surface area contributed by atoms with Gasteiger partial charge in [0.1, 0.15) is 6.54 Å². The Hall–Kier alpha value is -2.28. The van der Waals surface area contributed by atoms with Crippen LogP contribution in [0, 0.1) is 11.8 Å². The summed E-state index contributed by atoms with van der Waals surface area (Å²) in [5, 5.41) is 0. The van der Waals surface area contributed by atoms with Crippen LogP contribution in [0.2, 0.25) is 0 Å². The maximum Gasteiger partial charge on any atom is 0.326 e. The number of hydrogen-bond donors (Lipinski definition) is 0. The maximum absolute atomic E-state index is 12.3. The number of ether oxygens (including phenoxy) is 1. The zero-order valence-electron chi connectivity index (χ0n) is 13.3. The Balaban J connectivity index is 1.54. The molecule has 25 heavy (non-hydrogen) atoms. The molecule has 0 radical (unpaired) electrons. The SMILES string of the molecule is O=C(CN1C(=O)[C@H]2CC=CC[C@@H]2C1=O)OCC(=O)c1ccc(Br)cc1. The summed E-state index contributed by atoms with van der Waals surface area (Å²) in [5.41, 5.74) is 0.418. The number of ketones is 1. The van der Waals surface area contributed by atoms with Crippen molar-refractivity contribution in [2.45, 2.75) is 12.8 Å². The molecule has 1 aliphatic carbocycles. The molecule has 1 saturated heterocycles. The molecule has 2 atom stereocenters. The summed E-state index contributed by atoms with van der Waals surface area (Å²) in [5.74, 6) is -2.55. The van der Waals surface area contributed by atoms with E-state index < -0.39 is 19.1 Å². The Morgan fingerprint density at radius 1 is 1.04 bits per heavy atom. The smallest absolute Gasteiger partial charge is 0.326 e. The Bertz CT molecular complexity index is 729. The molecule has 0 saturated carbocycles. The molecule has 130 valence electrons. The lowest BCUT2D eigenvalue weighted by molar-refractivity contribution is -0.152. The van der Waals surface area contributed by atoms with Crippen molar-refractivity contribution in [2.75, 3.05) is 13.2 Å². The first-order valence-electron chi connectivity index (χ1n) is 7.92. The minimum Gasteiger partial charge on any atom is -0.456 e.